The van der Waals surface area contributed by atoms with Crippen molar-refractivity contribution in [2.75, 3.05) is 62.7 Å². The van der Waals surface area contributed by atoms with Gasteiger partial charge < -0.3 is 29.7 Å². The summed E-state index contributed by atoms with van der Waals surface area (Å²) in [6, 6.07) is 17.1. The molecule has 0 aliphatic carbocycles. The molecule has 45 heavy (non-hydrogen) atoms. The van der Waals surface area contributed by atoms with E-state index in [1.807, 2.05) is 18.2 Å². The summed E-state index contributed by atoms with van der Waals surface area (Å²) in [7, 11) is 0. The number of hydrogen-bond donors (Lipinski definition) is 2. The molecule has 1 amide bonds. The number of piperazine rings is 1. The van der Waals surface area contributed by atoms with E-state index in [9.17, 15) is 23.9 Å². The molecule has 3 aliphatic rings. The minimum Gasteiger partial charge on any atom is -0.483 e. The van der Waals surface area contributed by atoms with Crippen molar-refractivity contribution in [1.82, 2.24) is 19.8 Å². The summed E-state index contributed by atoms with van der Waals surface area (Å²) >= 11 is 0. The molecule has 6 rings (SSSR count). The van der Waals surface area contributed by atoms with Crippen molar-refractivity contribution in [3.05, 3.63) is 60.3 Å². The van der Waals surface area contributed by atoms with E-state index in [4.69, 9.17) is 9.47 Å². The van der Waals surface area contributed by atoms with Crippen molar-refractivity contribution in [2.24, 2.45) is 0 Å². The van der Waals surface area contributed by atoms with Gasteiger partial charge in [0.05, 0.1) is 37.1 Å². The average Bonchev–Trinajstić information content (AvgIpc) is 3.01. The third-order valence-corrected chi connectivity index (χ3v) is 8.46. The molecular formula is C32H35F2N7O4. The molecule has 1 unspecified atom stereocenters. The highest BCUT2D eigenvalue weighted by atomic mass is 19.3. The molecule has 2 atom stereocenters. The molecule has 3 fully saturated rings. The molecular weight excluding hydrogens is 584 g/mol. The molecule has 2 N–H and O–H groups in total. The molecule has 11 nitrogen and oxygen atoms in total. The van der Waals surface area contributed by atoms with Gasteiger partial charge in [-0.15, -0.1) is 0 Å². The van der Waals surface area contributed by atoms with Gasteiger partial charge in [0.2, 0.25) is 5.95 Å². The number of piperidine rings is 1. The number of nitrogens with one attached hydrogen (secondary N) is 1. The Labute approximate surface area is 260 Å². The van der Waals surface area contributed by atoms with Gasteiger partial charge in [0.15, 0.2) is 6.10 Å². The Morgan fingerprint density at radius 1 is 1.13 bits per heavy atom. The number of nitriles is 1. The number of amides is 1. The summed E-state index contributed by atoms with van der Waals surface area (Å²) in [6.45, 7) is 6.04. The zero-order chi connectivity index (χ0) is 31.6. The maximum absolute atomic E-state index is 14.9. The summed E-state index contributed by atoms with van der Waals surface area (Å²) in [6.07, 6.45) is -1.43. The standard InChI is InChI=1S/C32H35F2N7O4/c1-21(42)30(43)41-11-9-29(32(33,34)20-41)45-28-7-2-22(16-23(28)17-35)27-8-10-36-31(38-27)37-24-3-5-25(6-4-24)39-12-14-40(15-13-39)26-18-44-19-26/h2-8,10,16,21,26,29,42H,9,11-15,18-20H2,1H3,(H,36,37,38)/t21?,29-/m1/s1. The van der Waals surface area contributed by atoms with Crippen molar-refractivity contribution in [2.45, 2.75) is 37.5 Å². The molecule has 0 spiro atoms. The van der Waals surface area contributed by atoms with Crippen LogP contribution in [0.1, 0.15) is 18.9 Å². The lowest BCUT2D eigenvalue weighted by molar-refractivity contribution is -0.165. The molecule has 3 saturated heterocycles. The second-order valence-electron chi connectivity index (χ2n) is 11.6. The first-order chi connectivity index (χ1) is 21.7. The monoisotopic (exact) mass is 619 g/mol. The van der Waals surface area contributed by atoms with Crippen molar-refractivity contribution in [1.29, 1.82) is 5.26 Å². The Morgan fingerprint density at radius 2 is 1.89 bits per heavy atom. The van der Waals surface area contributed by atoms with Crippen LogP contribution in [-0.2, 0) is 9.53 Å². The van der Waals surface area contributed by atoms with Crippen LogP contribution in [0.4, 0.5) is 26.1 Å². The largest absolute Gasteiger partial charge is 0.483 e. The third-order valence-electron chi connectivity index (χ3n) is 8.46. The van der Waals surface area contributed by atoms with Crippen LogP contribution in [0.2, 0.25) is 0 Å². The Bertz CT molecular complexity index is 1550. The number of halogens is 2. The summed E-state index contributed by atoms with van der Waals surface area (Å²) < 4.78 is 40.7. The van der Waals surface area contributed by atoms with Crippen LogP contribution in [-0.4, -0.2) is 107 Å². The van der Waals surface area contributed by atoms with E-state index in [0.29, 0.717) is 23.2 Å². The van der Waals surface area contributed by atoms with E-state index >= 15 is 0 Å². The lowest BCUT2D eigenvalue weighted by Gasteiger charge is -2.43. The maximum atomic E-state index is 14.9. The molecule has 13 heteroatoms. The zero-order valence-electron chi connectivity index (χ0n) is 24.9. The number of benzene rings is 2. The number of ether oxygens (including phenoxy) is 2. The lowest BCUT2D eigenvalue weighted by Crippen LogP contribution is -2.56. The number of aliphatic hydroxyl groups is 1. The molecule has 3 aromatic rings. The van der Waals surface area contributed by atoms with Crippen LogP contribution in [0.5, 0.6) is 5.75 Å². The number of hydrogen-bond acceptors (Lipinski definition) is 10. The van der Waals surface area contributed by atoms with E-state index in [1.165, 1.54) is 19.1 Å². The van der Waals surface area contributed by atoms with E-state index in [-0.39, 0.29) is 24.3 Å². The quantitative estimate of drug-likeness (QED) is 0.388. The summed E-state index contributed by atoms with van der Waals surface area (Å²) in [5.74, 6) is -3.73. The first-order valence-corrected chi connectivity index (χ1v) is 15.0. The number of aromatic nitrogens is 2. The fourth-order valence-corrected chi connectivity index (χ4v) is 5.79. The van der Waals surface area contributed by atoms with Crippen molar-refractivity contribution in [3.63, 3.8) is 0 Å². The van der Waals surface area contributed by atoms with Gasteiger partial charge in [-0.3, -0.25) is 9.69 Å². The van der Waals surface area contributed by atoms with Gasteiger partial charge in [-0.05, 0) is 55.5 Å². The predicted molar refractivity (Wildman–Crippen MR) is 163 cm³/mol. The first-order valence-electron chi connectivity index (χ1n) is 15.0. The molecule has 4 heterocycles. The molecule has 3 aliphatic heterocycles. The van der Waals surface area contributed by atoms with Crippen molar-refractivity contribution < 1.29 is 28.2 Å². The number of anilines is 3. The highest BCUT2D eigenvalue weighted by molar-refractivity contribution is 5.80. The number of alkyl halides is 2. The second-order valence-corrected chi connectivity index (χ2v) is 11.6. The second kappa shape index (κ2) is 12.9. The van der Waals surface area contributed by atoms with Crippen LogP contribution in [0.25, 0.3) is 11.3 Å². The fraction of sp³-hybridized carbons (Fsp3) is 0.438. The number of carbonyl (C=O) groups excluding carboxylic acids is 1. The van der Waals surface area contributed by atoms with Crippen LogP contribution in [0.15, 0.2) is 54.7 Å². The third kappa shape index (κ3) is 6.83. The van der Waals surface area contributed by atoms with Crippen LogP contribution in [0.3, 0.4) is 0 Å². The van der Waals surface area contributed by atoms with Crippen LogP contribution < -0.4 is 15.0 Å². The highest BCUT2D eigenvalue weighted by Gasteiger charge is 2.48. The number of aliphatic hydroxyl groups excluding tert-OH is 1. The van der Waals surface area contributed by atoms with E-state index < -0.39 is 30.6 Å². The van der Waals surface area contributed by atoms with Crippen LogP contribution >= 0.6 is 0 Å². The SMILES string of the molecule is CC(O)C(=O)N1CC[C@@H](Oc2ccc(-c3ccnc(Nc4ccc(N5CCN(C6COC6)CC5)cc4)n3)cc2C#N)C(F)(F)C1. The lowest BCUT2D eigenvalue weighted by atomic mass is 10.0. The van der Waals surface area contributed by atoms with Crippen molar-refractivity contribution in [3.8, 4) is 23.1 Å². The summed E-state index contributed by atoms with van der Waals surface area (Å²) in [5.41, 5.74) is 3.19. The first kappa shape index (κ1) is 30.6. The molecule has 0 bridgehead atoms. The summed E-state index contributed by atoms with van der Waals surface area (Å²) in [4.78, 5) is 26.7. The van der Waals surface area contributed by atoms with Gasteiger partial charge in [-0.1, -0.05) is 0 Å². The van der Waals surface area contributed by atoms with E-state index in [2.05, 4.69) is 37.2 Å². The van der Waals surface area contributed by atoms with Gasteiger partial charge in [0, 0.05) is 62.3 Å². The molecule has 1 aromatic heterocycles. The Morgan fingerprint density at radius 3 is 2.53 bits per heavy atom. The molecule has 0 radical (unpaired) electrons. The molecule has 0 saturated carbocycles. The minimum absolute atomic E-state index is 0.0109. The number of likely N-dealkylation sites (tertiary alicyclic amines) is 1. The van der Waals surface area contributed by atoms with Gasteiger partial charge in [0.25, 0.3) is 5.91 Å². The zero-order valence-corrected chi connectivity index (χ0v) is 24.9. The number of nitrogens with zero attached hydrogens (tertiary/aromatic N) is 6. The Balaban J connectivity index is 1.09. The maximum Gasteiger partial charge on any atom is 0.301 e. The van der Waals surface area contributed by atoms with Crippen LogP contribution in [0, 0.1) is 11.3 Å². The molecule has 236 valence electrons. The Kier molecular flexibility index (Phi) is 8.80. The summed E-state index contributed by atoms with van der Waals surface area (Å²) in [5, 5.41) is 22.5. The smallest absolute Gasteiger partial charge is 0.301 e. The molecule has 2 aromatic carbocycles. The van der Waals surface area contributed by atoms with Gasteiger partial charge >= 0.3 is 5.92 Å². The normalized spacial score (nSPS) is 21.0. The number of rotatable bonds is 8. The predicted octanol–water partition coefficient (Wildman–Crippen LogP) is 3.28. The van der Waals surface area contributed by atoms with Gasteiger partial charge in [-0.2, -0.15) is 5.26 Å². The minimum atomic E-state index is -3.36. The Hall–Kier alpha value is -4.38. The van der Waals surface area contributed by atoms with Gasteiger partial charge in [-0.25, -0.2) is 18.7 Å². The van der Waals surface area contributed by atoms with E-state index in [1.54, 1.807) is 18.3 Å². The van der Waals surface area contributed by atoms with E-state index in [0.717, 1.165) is 55.7 Å². The number of carbonyl (C=O) groups is 1. The highest BCUT2D eigenvalue weighted by Crippen LogP contribution is 2.34. The van der Waals surface area contributed by atoms with Gasteiger partial charge in [0.1, 0.15) is 17.9 Å². The van der Waals surface area contributed by atoms with Crippen molar-refractivity contribution >= 4 is 23.2 Å². The fourth-order valence-electron chi connectivity index (χ4n) is 5.79. The topological polar surface area (TPSA) is 127 Å². The average molecular weight is 620 g/mol.